The monoisotopic (exact) mass is 473 g/mol. The second kappa shape index (κ2) is 11.1. The van der Waals surface area contributed by atoms with Crippen molar-refractivity contribution in [2.75, 3.05) is 46.0 Å². The van der Waals surface area contributed by atoms with Crippen LogP contribution in [0.4, 0.5) is 31.9 Å². The predicted molar refractivity (Wildman–Crippen MR) is 131 cm³/mol. The minimum absolute atomic E-state index is 0. The molecule has 0 spiro atoms. The second-order valence-electron chi connectivity index (χ2n) is 7.48. The van der Waals surface area contributed by atoms with Crippen LogP contribution < -0.4 is 20.1 Å². The molecule has 0 saturated carbocycles. The molecule has 0 fully saturated rings. The maximum Gasteiger partial charge on any atom is 0.256 e. The van der Waals surface area contributed by atoms with E-state index in [2.05, 4.69) is 30.6 Å². The van der Waals surface area contributed by atoms with Gasteiger partial charge in [0.25, 0.3) is 5.88 Å². The Morgan fingerprint density at radius 1 is 0.853 bits per heavy atom. The normalized spacial score (nSPS) is 10.5. The highest BCUT2D eigenvalue weighted by molar-refractivity contribution is 5.82. The van der Waals surface area contributed by atoms with E-state index in [4.69, 9.17) is 9.47 Å². The molecule has 0 amide bonds. The van der Waals surface area contributed by atoms with Gasteiger partial charge in [-0.1, -0.05) is 0 Å². The van der Waals surface area contributed by atoms with E-state index in [0.717, 1.165) is 12.1 Å². The van der Waals surface area contributed by atoms with Crippen molar-refractivity contribution < 1.29 is 21.1 Å². The third-order valence-corrected chi connectivity index (χ3v) is 4.14. The summed E-state index contributed by atoms with van der Waals surface area (Å²) in [4.78, 5) is 18.8. The Morgan fingerprint density at radius 2 is 1.53 bits per heavy atom. The fourth-order valence-corrected chi connectivity index (χ4v) is 2.76. The van der Waals surface area contributed by atoms with Crippen molar-refractivity contribution in [3.8, 4) is 11.6 Å². The van der Waals surface area contributed by atoms with E-state index in [1.54, 1.807) is 30.6 Å². The molecule has 0 atom stereocenters. The first kappa shape index (κ1) is 24.5. The van der Waals surface area contributed by atoms with Gasteiger partial charge in [0.2, 0.25) is 5.95 Å². The standard InChI is InChI=1S/C20H16F2N6O2.C3H9N.2H2/c1-29-17-7-13(10-25-19(17)30-2)27-20-23-4-3-18(28-20)26-12-5-11-6-14(21)15(22)8-16(11)24-9-12;1-4(2)3;;/h3-10H,1-2H3,(H2,23,26,27,28);1-3H3;2*1H. The number of fused-ring (bicyclic) bond motifs is 1. The summed E-state index contributed by atoms with van der Waals surface area (Å²) in [6, 6.07) is 7.17. The first-order valence-corrected chi connectivity index (χ1v) is 10.1. The molecule has 0 radical (unpaired) electrons. The zero-order valence-corrected chi connectivity index (χ0v) is 19.4. The lowest BCUT2D eigenvalue weighted by Gasteiger charge is -2.11. The third-order valence-electron chi connectivity index (χ3n) is 4.14. The molecule has 9 nitrogen and oxygen atoms in total. The molecular weight excluding hydrogens is 444 g/mol. The Kier molecular flexibility index (Phi) is 8.04. The zero-order valence-electron chi connectivity index (χ0n) is 19.4. The van der Waals surface area contributed by atoms with Crippen LogP contribution >= 0.6 is 0 Å². The van der Waals surface area contributed by atoms with Crippen LogP contribution in [-0.4, -0.2) is 60.2 Å². The largest absolute Gasteiger partial charge is 0.491 e. The Hall–Kier alpha value is -4.12. The van der Waals surface area contributed by atoms with Gasteiger partial charge in [-0.15, -0.1) is 0 Å². The Morgan fingerprint density at radius 3 is 2.24 bits per heavy atom. The van der Waals surface area contributed by atoms with Crippen LogP contribution in [0.15, 0.2) is 48.9 Å². The molecule has 3 heterocycles. The van der Waals surface area contributed by atoms with Crippen LogP contribution in [0.25, 0.3) is 10.9 Å². The molecular formula is C23H29F2N7O2. The number of nitrogens with zero attached hydrogens (tertiary/aromatic N) is 5. The molecule has 0 saturated heterocycles. The molecule has 1 aromatic carbocycles. The lowest BCUT2D eigenvalue weighted by molar-refractivity contribution is 0.343. The summed E-state index contributed by atoms with van der Waals surface area (Å²) >= 11 is 0. The van der Waals surface area contributed by atoms with Gasteiger partial charge < -0.3 is 25.0 Å². The van der Waals surface area contributed by atoms with Gasteiger partial charge >= 0.3 is 0 Å². The lowest BCUT2D eigenvalue weighted by Crippen LogP contribution is -2.02. The van der Waals surface area contributed by atoms with E-state index in [-0.39, 0.29) is 2.85 Å². The number of ether oxygens (including phenoxy) is 2. The van der Waals surface area contributed by atoms with Crippen molar-refractivity contribution >= 4 is 34.0 Å². The fourth-order valence-electron chi connectivity index (χ4n) is 2.76. The number of benzene rings is 1. The van der Waals surface area contributed by atoms with Crippen molar-refractivity contribution in [3.63, 3.8) is 0 Å². The molecule has 0 aliphatic heterocycles. The summed E-state index contributed by atoms with van der Waals surface area (Å²) in [6.45, 7) is 0. The summed E-state index contributed by atoms with van der Waals surface area (Å²) in [5.74, 6) is -0.256. The predicted octanol–water partition coefficient (Wildman–Crippen LogP) is 4.87. The van der Waals surface area contributed by atoms with Crippen molar-refractivity contribution in [3.05, 3.63) is 60.6 Å². The fraction of sp³-hybridized carbons (Fsp3) is 0.217. The number of nitrogens with one attached hydrogen (secondary N) is 2. The lowest BCUT2D eigenvalue weighted by atomic mass is 10.2. The number of pyridine rings is 2. The molecule has 0 aliphatic carbocycles. The van der Waals surface area contributed by atoms with Crippen molar-refractivity contribution in [2.24, 2.45) is 0 Å². The van der Waals surface area contributed by atoms with E-state index in [9.17, 15) is 8.78 Å². The van der Waals surface area contributed by atoms with Crippen LogP contribution in [0.5, 0.6) is 11.6 Å². The Balaban J connectivity index is 0.00000101. The maximum atomic E-state index is 13.5. The highest BCUT2D eigenvalue weighted by Crippen LogP contribution is 2.28. The van der Waals surface area contributed by atoms with Crippen LogP contribution in [-0.2, 0) is 0 Å². The molecule has 34 heavy (non-hydrogen) atoms. The first-order chi connectivity index (χ1) is 16.3. The van der Waals surface area contributed by atoms with Crippen molar-refractivity contribution in [2.45, 2.75) is 0 Å². The third kappa shape index (κ3) is 6.45. The summed E-state index contributed by atoms with van der Waals surface area (Å²) < 4.78 is 37.2. The summed E-state index contributed by atoms with van der Waals surface area (Å²) in [6.07, 6.45) is 4.63. The average molecular weight is 474 g/mol. The van der Waals surface area contributed by atoms with Crippen molar-refractivity contribution in [1.82, 2.24) is 24.8 Å². The Labute approximate surface area is 198 Å². The second-order valence-corrected chi connectivity index (χ2v) is 7.48. The maximum absolute atomic E-state index is 13.5. The minimum atomic E-state index is -0.938. The van der Waals surface area contributed by atoms with E-state index in [1.165, 1.54) is 20.4 Å². The number of halogens is 2. The number of hydrogen-bond donors (Lipinski definition) is 2. The van der Waals surface area contributed by atoms with Crippen LogP contribution in [0.2, 0.25) is 0 Å². The van der Waals surface area contributed by atoms with Crippen LogP contribution in [0.1, 0.15) is 2.85 Å². The number of rotatable bonds is 6. The number of methoxy groups -OCH3 is 2. The van der Waals surface area contributed by atoms with Gasteiger partial charge in [-0.2, -0.15) is 4.98 Å². The highest BCUT2D eigenvalue weighted by Gasteiger charge is 2.09. The van der Waals surface area contributed by atoms with Crippen LogP contribution in [0.3, 0.4) is 0 Å². The van der Waals surface area contributed by atoms with Gasteiger partial charge in [0, 0.05) is 26.6 Å². The van der Waals surface area contributed by atoms with Gasteiger partial charge in [-0.05, 0) is 39.3 Å². The number of anilines is 4. The highest BCUT2D eigenvalue weighted by atomic mass is 19.2. The zero-order chi connectivity index (χ0) is 24.7. The molecule has 182 valence electrons. The van der Waals surface area contributed by atoms with E-state index >= 15 is 0 Å². The summed E-state index contributed by atoms with van der Waals surface area (Å²) in [5.41, 5.74) is 1.52. The summed E-state index contributed by atoms with van der Waals surface area (Å²) in [7, 11) is 9.02. The molecule has 0 aliphatic rings. The molecule has 0 bridgehead atoms. The topological polar surface area (TPSA) is 97.3 Å². The smallest absolute Gasteiger partial charge is 0.256 e. The van der Waals surface area contributed by atoms with E-state index < -0.39 is 11.6 Å². The molecule has 3 aromatic heterocycles. The number of hydrogen-bond acceptors (Lipinski definition) is 9. The van der Waals surface area contributed by atoms with Gasteiger partial charge in [-0.25, -0.2) is 18.7 Å². The first-order valence-electron chi connectivity index (χ1n) is 10.1. The quantitative estimate of drug-likeness (QED) is 0.406. The minimum Gasteiger partial charge on any atom is -0.491 e. The molecule has 4 rings (SSSR count). The average Bonchev–Trinajstić information content (AvgIpc) is 2.80. The molecule has 11 heteroatoms. The van der Waals surface area contributed by atoms with Gasteiger partial charge in [0.1, 0.15) is 5.82 Å². The molecule has 4 aromatic rings. The summed E-state index contributed by atoms with van der Waals surface area (Å²) in [5, 5.41) is 6.56. The molecule has 0 unspecified atom stereocenters. The molecule has 2 N–H and O–H groups in total. The van der Waals surface area contributed by atoms with Gasteiger partial charge in [0.15, 0.2) is 17.4 Å². The van der Waals surface area contributed by atoms with E-state index in [0.29, 0.717) is 45.7 Å². The van der Waals surface area contributed by atoms with Gasteiger partial charge in [-0.3, -0.25) is 4.98 Å². The van der Waals surface area contributed by atoms with E-state index in [1.807, 2.05) is 26.0 Å². The number of aromatic nitrogens is 4. The van der Waals surface area contributed by atoms with Crippen LogP contribution in [0, 0.1) is 11.6 Å². The van der Waals surface area contributed by atoms with Crippen molar-refractivity contribution in [1.29, 1.82) is 0 Å². The Bertz CT molecular complexity index is 1280. The van der Waals surface area contributed by atoms with Gasteiger partial charge in [0.05, 0.1) is 43.5 Å². The SMILES string of the molecule is CN(C)C.COc1cc(Nc2nccc(Nc3cnc4cc(F)c(F)cc4c3)n2)cnc1OC.[HH].[HH].